The van der Waals surface area contributed by atoms with Gasteiger partial charge in [-0.1, -0.05) is 60.5 Å². The molecule has 1 aliphatic rings. The van der Waals surface area contributed by atoms with Crippen LogP contribution in [0.25, 0.3) is 22.0 Å². The van der Waals surface area contributed by atoms with E-state index < -0.39 is 5.60 Å². The second kappa shape index (κ2) is 7.36. The van der Waals surface area contributed by atoms with Crippen molar-refractivity contribution >= 4 is 10.9 Å². The molecule has 0 saturated heterocycles. The number of nitriles is 1. The Morgan fingerprint density at radius 3 is 2.63 bits per heavy atom. The summed E-state index contributed by atoms with van der Waals surface area (Å²) in [5.74, 6) is 0. The van der Waals surface area contributed by atoms with Crippen molar-refractivity contribution in [2.75, 3.05) is 0 Å². The van der Waals surface area contributed by atoms with E-state index in [2.05, 4.69) is 21.4 Å². The van der Waals surface area contributed by atoms with E-state index in [1.807, 2.05) is 60.8 Å². The summed E-state index contributed by atoms with van der Waals surface area (Å²) in [4.78, 5) is 4.52. The number of benzene rings is 2. The minimum atomic E-state index is -0.838. The van der Waals surface area contributed by atoms with Crippen LogP contribution in [0.15, 0.2) is 60.8 Å². The molecule has 1 fully saturated rings. The third-order valence-corrected chi connectivity index (χ3v) is 5.86. The van der Waals surface area contributed by atoms with Crippen LogP contribution in [0, 0.1) is 11.3 Å². The zero-order valence-corrected chi connectivity index (χ0v) is 16.5. The summed E-state index contributed by atoms with van der Waals surface area (Å²) < 4.78 is 1.75. The van der Waals surface area contributed by atoms with Gasteiger partial charge in [0.2, 0.25) is 0 Å². The number of rotatable bonds is 4. The molecular weight excluding hydrogens is 374 g/mol. The van der Waals surface area contributed by atoms with E-state index in [1.165, 1.54) is 0 Å². The predicted molar refractivity (Wildman–Crippen MR) is 113 cm³/mol. The molecule has 2 heterocycles. The predicted octanol–water partition coefficient (Wildman–Crippen LogP) is 4.17. The van der Waals surface area contributed by atoms with E-state index in [4.69, 9.17) is 0 Å². The zero-order valence-electron chi connectivity index (χ0n) is 16.5. The lowest BCUT2D eigenvalue weighted by Crippen LogP contribution is -2.21. The third-order valence-electron chi connectivity index (χ3n) is 5.86. The van der Waals surface area contributed by atoms with Crippen molar-refractivity contribution in [3.05, 3.63) is 77.7 Å². The van der Waals surface area contributed by atoms with Gasteiger partial charge < -0.3 is 5.11 Å². The van der Waals surface area contributed by atoms with Gasteiger partial charge in [-0.3, -0.25) is 0 Å². The Morgan fingerprint density at radius 1 is 1.07 bits per heavy atom. The summed E-state index contributed by atoms with van der Waals surface area (Å²) >= 11 is 0. The summed E-state index contributed by atoms with van der Waals surface area (Å²) in [6.45, 7) is 0.526. The first-order valence-corrected chi connectivity index (χ1v) is 10.2. The highest BCUT2D eigenvalue weighted by Gasteiger charge is 2.35. The molecule has 4 aromatic rings. The zero-order chi connectivity index (χ0) is 20.6. The van der Waals surface area contributed by atoms with Crippen LogP contribution in [-0.4, -0.2) is 25.1 Å². The molecule has 148 valence electrons. The van der Waals surface area contributed by atoms with Crippen LogP contribution in [0.4, 0.5) is 0 Å². The summed E-state index contributed by atoms with van der Waals surface area (Å²) in [5.41, 5.74) is 4.05. The molecule has 6 heteroatoms. The number of hydrogen-bond donors (Lipinski definition) is 1. The summed E-state index contributed by atoms with van der Waals surface area (Å²) in [6, 6.07) is 20.1. The second-order valence-electron chi connectivity index (χ2n) is 7.92. The van der Waals surface area contributed by atoms with E-state index in [0.29, 0.717) is 17.9 Å². The number of aromatic nitrogens is 4. The molecule has 6 nitrogen and oxygen atoms in total. The normalized spacial score (nSPS) is 15.3. The maximum atomic E-state index is 10.7. The highest BCUT2D eigenvalue weighted by atomic mass is 16.3. The van der Waals surface area contributed by atoms with Gasteiger partial charge in [0.05, 0.1) is 18.3 Å². The highest BCUT2D eigenvalue weighted by Crippen LogP contribution is 2.37. The molecule has 0 spiro atoms. The number of hydrogen-bond acceptors (Lipinski definition) is 5. The van der Waals surface area contributed by atoms with Gasteiger partial charge in [-0.25, -0.2) is 9.67 Å². The third kappa shape index (κ3) is 3.34. The van der Waals surface area contributed by atoms with Gasteiger partial charge in [0.1, 0.15) is 23.1 Å². The van der Waals surface area contributed by atoms with Gasteiger partial charge in [0.15, 0.2) is 0 Å². The Hall–Kier alpha value is -3.56. The average Bonchev–Trinajstić information content (AvgIpc) is 3.43. The first-order valence-electron chi connectivity index (χ1n) is 10.2. The number of aliphatic hydroxyl groups is 1. The molecule has 1 saturated carbocycles. The first-order chi connectivity index (χ1) is 14.6. The smallest absolute Gasteiger partial charge is 0.141 e. The molecule has 0 amide bonds. The van der Waals surface area contributed by atoms with E-state index >= 15 is 0 Å². The molecule has 0 atom stereocenters. The minimum Gasteiger partial charge on any atom is -0.383 e. The van der Waals surface area contributed by atoms with Gasteiger partial charge in [-0.2, -0.15) is 5.26 Å². The SMILES string of the molecule is N#Cc1cc(-c2ccccc2)c2ccc(Cn3cc(C4(O)CCCC4)nn3)cc2n1. The highest BCUT2D eigenvalue weighted by molar-refractivity contribution is 5.95. The average molecular weight is 395 g/mol. The fraction of sp³-hybridized carbons (Fsp3) is 0.250. The van der Waals surface area contributed by atoms with Crippen molar-refractivity contribution in [1.29, 1.82) is 5.26 Å². The van der Waals surface area contributed by atoms with Crippen molar-refractivity contribution in [3.63, 3.8) is 0 Å². The Morgan fingerprint density at radius 2 is 1.87 bits per heavy atom. The van der Waals surface area contributed by atoms with Gasteiger partial charge in [0.25, 0.3) is 0 Å². The summed E-state index contributed by atoms with van der Waals surface area (Å²) in [6.07, 6.45) is 5.36. The maximum absolute atomic E-state index is 10.7. The van der Waals surface area contributed by atoms with Crippen LogP contribution in [0.2, 0.25) is 0 Å². The Bertz CT molecular complexity index is 1250. The number of nitrogens with zero attached hydrogens (tertiary/aromatic N) is 5. The molecule has 30 heavy (non-hydrogen) atoms. The van der Waals surface area contributed by atoms with Crippen molar-refractivity contribution in [3.8, 4) is 17.2 Å². The Kier molecular flexibility index (Phi) is 4.53. The number of fused-ring (bicyclic) bond motifs is 1. The van der Waals surface area contributed by atoms with Crippen LogP contribution in [0.5, 0.6) is 0 Å². The monoisotopic (exact) mass is 395 g/mol. The standard InChI is InChI=1S/C24H21N5O/c25-14-19-13-21(18-6-2-1-3-7-18)20-9-8-17(12-22(20)26-19)15-29-16-23(27-28-29)24(30)10-4-5-11-24/h1-3,6-9,12-13,16,30H,4-5,10-11,15H2. The van der Waals surface area contributed by atoms with Crippen LogP contribution in [0.3, 0.4) is 0 Å². The van der Waals surface area contributed by atoms with Crippen LogP contribution < -0.4 is 0 Å². The molecule has 2 aromatic carbocycles. The van der Waals surface area contributed by atoms with Crippen LogP contribution >= 0.6 is 0 Å². The lowest BCUT2D eigenvalue weighted by molar-refractivity contribution is 0.0398. The van der Waals surface area contributed by atoms with Gasteiger partial charge in [-0.05, 0) is 41.7 Å². The van der Waals surface area contributed by atoms with Crippen molar-refractivity contribution in [2.24, 2.45) is 0 Å². The molecular formula is C24H21N5O. The second-order valence-corrected chi connectivity index (χ2v) is 7.92. The van der Waals surface area contributed by atoms with Gasteiger partial charge >= 0.3 is 0 Å². The minimum absolute atomic E-state index is 0.394. The van der Waals surface area contributed by atoms with Crippen molar-refractivity contribution in [1.82, 2.24) is 20.0 Å². The lowest BCUT2D eigenvalue weighted by Gasteiger charge is -2.17. The largest absolute Gasteiger partial charge is 0.383 e. The molecule has 2 aromatic heterocycles. The first kappa shape index (κ1) is 18.5. The van der Waals surface area contributed by atoms with Crippen LogP contribution in [-0.2, 0) is 12.1 Å². The van der Waals surface area contributed by atoms with E-state index in [1.54, 1.807) is 4.68 Å². The van der Waals surface area contributed by atoms with Gasteiger partial charge in [-0.15, -0.1) is 5.10 Å². The summed E-state index contributed by atoms with van der Waals surface area (Å²) in [7, 11) is 0. The molecule has 1 N–H and O–H groups in total. The molecule has 0 bridgehead atoms. The Labute approximate surface area is 174 Å². The molecule has 1 aliphatic carbocycles. The molecule has 0 unspecified atom stereocenters. The quantitative estimate of drug-likeness (QED) is 0.560. The van der Waals surface area contributed by atoms with Crippen LogP contribution in [0.1, 0.15) is 42.6 Å². The lowest BCUT2D eigenvalue weighted by atomic mass is 9.99. The van der Waals surface area contributed by atoms with E-state index in [0.717, 1.165) is 53.3 Å². The fourth-order valence-corrected chi connectivity index (χ4v) is 4.28. The maximum Gasteiger partial charge on any atom is 0.141 e. The molecule has 0 aliphatic heterocycles. The fourth-order valence-electron chi connectivity index (χ4n) is 4.28. The Balaban J connectivity index is 1.50. The summed E-state index contributed by atoms with van der Waals surface area (Å²) in [5, 5.41) is 29.6. The van der Waals surface area contributed by atoms with E-state index in [-0.39, 0.29) is 0 Å². The topological polar surface area (TPSA) is 87.6 Å². The molecule has 0 radical (unpaired) electrons. The molecule has 5 rings (SSSR count). The van der Waals surface area contributed by atoms with E-state index in [9.17, 15) is 10.4 Å². The number of pyridine rings is 1. The van der Waals surface area contributed by atoms with Crippen molar-refractivity contribution in [2.45, 2.75) is 37.8 Å². The van der Waals surface area contributed by atoms with Crippen molar-refractivity contribution < 1.29 is 5.11 Å². The van der Waals surface area contributed by atoms with Gasteiger partial charge in [0, 0.05) is 5.39 Å².